The second kappa shape index (κ2) is 7.87. The highest BCUT2D eigenvalue weighted by Crippen LogP contribution is 2.57. The van der Waals surface area contributed by atoms with Crippen molar-refractivity contribution in [2.75, 3.05) is 7.11 Å². The van der Waals surface area contributed by atoms with Crippen LogP contribution < -0.4 is 9.47 Å². The normalized spacial score (nSPS) is 26.2. The Bertz CT molecular complexity index is 1280. The van der Waals surface area contributed by atoms with Gasteiger partial charge in [-0.25, -0.2) is 4.98 Å². The van der Waals surface area contributed by atoms with Gasteiger partial charge in [0.25, 0.3) is 5.19 Å². The second-order valence-corrected chi connectivity index (χ2v) is 10.4. The van der Waals surface area contributed by atoms with Gasteiger partial charge in [0.05, 0.1) is 22.9 Å². The van der Waals surface area contributed by atoms with Crippen molar-refractivity contribution in [1.29, 1.82) is 0 Å². The maximum absolute atomic E-state index is 13.6. The van der Waals surface area contributed by atoms with E-state index in [2.05, 4.69) is 11.9 Å². The fourth-order valence-electron chi connectivity index (χ4n) is 6.27. The van der Waals surface area contributed by atoms with Crippen molar-refractivity contribution in [2.24, 2.45) is 23.7 Å². The van der Waals surface area contributed by atoms with Crippen LogP contribution in [-0.2, 0) is 11.2 Å². The topological polar surface area (TPSA) is 68.7 Å². The Balaban J connectivity index is 1.37. The molecule has 4 aliphatic rings. The number of Topliss-reactive ketones (excluding diaryl/α,β-unsaturated/α-hetero) is 1. The lowest BCUT2D eigenvalue weighted by molar-refractivity contribution is -0.123. The van der Waals surface area contributed by atoms with Crippen LogP contribution in [-0.4, -0.2) is 23.0 Å². The average molecular weight is 462 g/mol. The first-order valence-corrected chi connectivity index (χ1v) is 12.6. The Morgan fingerprint density at radius 3 is 2.45 bits per heavy atom. The van der Waals surface area contributed by atoms with E-state index >= 15 is 0 Å². The van der Waals surface area contributed by atoms with E-state index < -0.39 is 0 Å². The third-order valence-electron chi connectivity index (χ3n) is 7.85. The number of allylic oxidation sites excluding steroid dienone is 2. The monoisotopic (exact) mass is 461 g/mol. The molecule has 2 atom stereocenters. The maximum Gasteiger partial charge on any atom is 0.279 e. The van der Waals surface area contributed by atoms with Crippen LogP contribution in [0.15, 0.2) is 42.2 Å². The number of hydrogen-bond donors (Lipinski definition) is 1. The summed E-state index contributed by atoms with van der Waals surface area (Å²) in [6.45, 7) is 2.08. The molecule has 3 aromatic rings. The molecule has 0 spiro atoms. The number of ether oxygens (including phenoxy) is 2. The van der Waals surface area contributed by atoms with Crippen LogP contribution in [0.4, 0.5) is 0 Å². The Morgan fingerprint density at radius 1 is 1.03 bits per heavy atom. The number of methoxy groups -OCH3 is 1. The molecule has 4 aliphatic carbocycles. The standard InChI is InChI=1S/C27H27NO4S/c1-3-14-8-9-18(32-27-28-20-11-10-17(31-2)13-21(20)33-27)12-19(14)24-25(29)22-15-4-5-16(7-6-15)23(22)26(24)30/h8-13,15-16,22-23,29H,3-7H2,1-2H3/t15-,16+,22?,23?. The number of fused-ring (bicyclic) bond motifs is 3. The third kappa shape index (κ3) is 3.26. The zero-order valence-corrected chi connectivity index (χ0v) is 19.7. The molecule has 2 unspecified atom stereocenters. The van der Waals surface area contributed by atoms with Gasteiger partial charge in [-0.1, -0.05) is 24.3 Å². The van der Waals surface area contributed by atoms with Crippen LogP contribution in [0.2, 0.25) is 0 Å². The Hall–Kier alpha value is -2.86. The highest BCUT2D eigenvalue weighted by Gasteiger charge is 2.54. The summed E-state index contributed by atoms with van der Waals surface area (Å²) in [5, 5.41) is 11.8. The summed E-state index contributed by atoms with van der Waals surface area (Å²) in [6, 6.07) is 11.6. The molecular weight excluding hydrogens is 434 g/mol. The number of aromatic nitrogens is 1. The number of carbonyl (C=O) groups is 1. The summed E-state index contributed by atoms with van der Waals surface area (Å²) in [4.78, 5) is 18.2. The SMILES string of the molecule is CCc1ccc(Oc2nc3ccc(OC)cc3s2)cc1C1=C(O)C2C(C1=O)[C@H]1CC[C@@H]2CC1. The molecule has 0 aliphatic heterocycles. The fourth-order valence-corrected chi connectivity index (χ4v) is 7.13. The predicted octanol–water partition coefficient (Wildman–Crippen LogP) is 6.56. The maximum atomic E-state index is 13.6. The third-order valence-corrected chi connectivity index (χ3v) is 8.75. The zero-order chi connectivity index (χ0) is 22.7. The fraction of sp³-hybridized carbons (Fsp3) is 0.407. The minimum absolute atomic E-state index is 0.00789. The first-order valence-electron chi connectivity index (χ1n) is 11.8. The molecule has 3 saturated carbocycles. The molecule has 33 heavy (non-hydrogen) atoms. The van der Waals surface area contributed by atoms with Gasteiger partial charge in [0.1, 0.15) is 17.3 Å². The molecule has 1 N–H and O–H groups in total. The molecular formula is C27H27NO4S. The molecule has 5 nitrogen and oxygen atoms in total. The van der Waals surface area contributed by atoms with Gasteiger partial charge in [0.2, 0.25) is 0 Å². The molecule has 1 aromatic heterocycles. The van der Waals surface area contributed by atoms with E-state index in [0.717, 1.165) is 59.2 Å². The summed E-state index contributed by atoms with van der Waals surface area (Å²) in [5.41, 5.74) is 3.25. The molecule has 1 heterocycles. The predicted molar refractivity (Wildman–Crippen MR) is 129 cm³/mol. The molecule has 0 amide bonds. The van der Waals surface area contributed by atoms with Gasteiger partial charge in [0.15, 0.2) is 5.78 Å². The van der Waals surface area contributed by atoms with Crippen molar-refractivity contribution in [1.82, 2.24) is 4.98 Å². The van der Waals surface area contributed by atoms with E-state index in [1.807, 2.05) is 36.4 Å². The van der Waals surface area contributed by atoms with Crippen molar-refractivity contribution in [2.45, 2.75) is 39.0 Å². The molecule has 3 fully saturated rings. The van der Waals surface area contributed by atoms with E-state index in [0.29, 0.717) is 34.1 Å². The van der Waals surface area contributed by atoms with E-state index in [9.17, 15) is 9.90 Å². The minimum atomic E-state index is -0.0407. The van der Waals surface area contributed by atoms with E-state index in [1.54, 1.807) is 7.11 Å². The van der Waals surface area contributed by atoms with Crippen LogP contribution >= 0.6 is 11.3 Å². The first-order chi connectivity index (χ1) is 16.1. The number of aliphatic hydroxyl groups excluding tert-OH is 1. The molecule has 6 heteroatoms. The van der Waals surface area contributed by atoms with Gasteiger partial charge >= 0.3 is 0 Å². The summed E-state index contributed by atoms with van der Waals surface area (Å²) in [5.74, 6) is 2.67. The summed E-state index contributed by atoms with van der Waals surface area (Å²) >= 11 is 1.45. The van der Waals surface area contributed by atoms with Crippen molar-refractivity contribution in [3.63, 3.8) is 0 Å². The van der Waals surface area contributed by atoms with Gasteiger partial charge in [-0.2, -0.15) is 0 Å². The van der Waals surface area contributed by atoms with Crippen molar-refractivity contribution in [3.8, 4) is 16.7 Å². The van der Waals surface area contributed by atoms with Crippen molar-refractivity contribution in [3.05, 3.63) is 53.3 Å². The molecule has 0 saturated heterocycles. The van der Waals surface area contributed by atoms with Crippen LogP contribution in [0.5, 0.6) is 16.7 Å². The van der Waals surface area contributed by atoms with Gasteiger partial charge in [-0.3, -0.25) is 4.79 Å². The van der Waals surface area contributed by atoms with E-state index in [1.165, 1.54) is 11.3 Å². The van der Waals surface area contributed by atoms with E-state index in [4.69, 9.17) is 9.47 Å². The first kappa shape index (κ1) is 20.7. The number of rotatable bonds is 5. The zero-order valence-electron chi connectivity index (χ0n) is 18.8. The summed E-state index contributed by atoms with van der Waals surface area (Å²) < 4.78 is 12.4. The Labute approximate surface area is 197 Å². The number of hydrogen-bond acceptors (Lipinski definition) is 6. The van der Waals surface area contributed by atoms with Crippen molar-refractivity contribution >= 4 is 32.9 Å². The van der Waals surface area contributed by atoms with Gasteiger partial charge < -0.3 is 14.6 Å². The highest BCUT2D eigenvalue weighted by molar-refractivity contribution is 7.20. The molecule has 0 radical (unpaired) electrons. The average Bonchev–Trinajstić information content (AvgIpc) is 3.37. The Kier molecular flexibility index (Phi) is 4.94. The van der Waals surface area contributed by atoms with E-state index in [-0.39, 0.29) is 17.6 Å². The number of carbonyl (C=O) groups excluding carboxylic acids is 1. The van der Waals surface area contributed by atoms with Gasteiger partial charge in [0, 0.05) is 11.8 Å². The summed E-state index contributed by atoms with van der Waals surface area (Å²) in [6.07, 6.45) is 5.27. The quantitative estimate of drug-likeness (QED) is 0.466. The number of thiazole rings is 1. The van der Waals surface area contributed by atoms with Gasteiger partial charge in [-0.15, -0.1) is 0 Å². The lowest BCUT2D eigenvalue weighted by Crippen LogP contribution is -2.41. The Morgan fingerprint density at radius 2 is 1.76 bits per heavy atom. The van der Waals surface area contributed by atoms with Crippen LogP contribution in [0.25, 0.3) is 15.8 Å². The molecule has 7 rings (SSSR count). The molecule has 2 bridgehead atoms. The lowest BCUT2D eigenvalue weighted by atomic mass is 9.59. The van der Waals surface area contributed by atoms with Crippen LogP contribution in [0.3, 0.4) is 0 Å². The van der Waals surface area contributed by atoms with Crippen molar-refractivity contribution < 1.29 is 19.4 Å². The molecule has 170 valence electrons. The smallest absolute Gasteiger partial charge is 0.279 e. The second-order valence-electron chi connectivity index (χ2n) is 9.44. The van der Waals surface area contributed by atoms with Crippen LogP contribution in [0.1, 0.15) is 43.7 Å². The number of ketones is 1. The number of aliphatic hydroxyl groups is 1. The largest absolute Gasteiger partial charge is 0.511 e. The number of nitrogens with zero attached hydrogens (tertiary/aromatic N) is 1. The highest BCUT2D eigenvalue weighted by atomic mass is 32.1. The molecule has 2 aromatic carbocycles. The van der Waals surface area contributed by atoms with Crippen LogP contribution in [0, 0.1) is 23.7 Å². The minimum Gasteiger partial charge on any atom is -0.511 e. The number of aryl methyl sites for hydroxylation is 1. The number of benzene rings is 2. The summed E-state index contributed by atoms with van der Waals surface area (Å²) in [7, 11) is 1.65. The van der Waals surface area contributed by atoms with Gasteiger partial charge in [-0.05, 0) is 85.4 Å². The lowest BCUT2D eigenvalue weighted by Gasteiger charge is -2.44.